The van der Waals surface area contributed by atoms with Gasteiger partial charge in [-0.15, -0.1) is 0 Å². The fourth-order valence-corrected chi connectivity index (χ4v) is 3.10. The number of hydrogen-bond acceptors (Lipinski definition) is 3. The van der Waals surface area contributed by atoms with Gasteiger partial charge < -0.3 is 15.0 Å². The molecule has 20 heavy (non-hydrogen) atoms. The number of piperidine rings is 1. The Hall–Kier alpha value is -1.06. The first kappa shape index (κ1) is 13.9. The molecule has 2 aliphatic heterocycles. The summed E-state index contributed by atoms with van der Waals surface area (Å²) in [5.41, 5.74) is 2.90. The SMILES string of the molecule is CC1(NCc2ccc(N3CCCCC3)cc2)CCOC1. The molecule has 110 valence electrons. The molecule has 0 amide bonds. The van der Waals surface area contributed by atoms with Crippen molar-refractivity contribution in [3.63, 3.8) is 0 Å². The topological polar surface area (TPSA) is 24.5 Å². The maximum atomic E-state index is 5.48. The van der Waals surface area contributed by atoms with Gasteiger partial charge in [-0.1, -0.05) is 12.1 Å². The van der Waals surface area contributed by atoms with Crippen LogP contribution in [0.1, 0.15) is 38.2 Å². The summed E-state index contributed by atoms with van der Waals surface area (Å²) < 4.78 is 5.48. The third kappa shape index (κ3) is 3.33. The van der Waals surface area contributed by atoms with Gasteiger partial charge in [0.15, 0.2) is 0 Å². The minimum atomic E-state index is 0.158. The molecule has 1 atom stereocenters. The summed E-state index contributed by atoms with van der Waals surface area (Å²) in [6.45, 7) is 7.33. The van der Waals surface area contributed by atoms with Crippen molar-refractivity contribution < 1.29 is 4.74 Å². The summed E-state index contributed by atoms with van der Waals surface area (Å²) in [5, 5.41) is 3.63. The number of benzene rings is 1. The Kier molecular flexibility index (Phi) is 4.27. The van der Waals surface area contributed by atoms with E-state index in [2.05, 4.69) is 41.4 Å². The summed E-state index contributed by atoms with van der Waals surface area (Å²) in [6, 6.07) is 9.07. The lowest BCUT2D eigenvalue weighted by molar-refractivity contribution is 0.171. The molecule has 3 rings (SSSR count). The van der Waals surface area contributed by atoms with Gasteiger partial charge in [0.05, 0.1) is 6.61 Å². The van der Waals surface area contributed by atoms with Crippen LogP contribution in [-0.2, 0) is 11.3 Å². The molecule has 0 saturated carbocycles. The molecule has 1 N–H and O–H groups in total. The maximum Gasteiger partial charge on any atom is 0.0646 e. The van der Waals surface area contributed by atoms with Gasteiger partial charge in [-0.3, -0.25) is 0 Å². The Bertz CT molecular complexity index is 417. The van der Waals surface area contributed by atoms with Crippen molar-refractivity contribution in [3.05, 3.63) is 29.8 Å². The van der Waals surface area contributed by atoms with Gasteiger partial charge in [0, 0.05) is 37.5 Å². The summed E-state index contributed by atoms with van der Waals surface area (Å²) >= 11 is 0. The van der Waals surface area contributed by atoms with Crippen LogP contribution in [0, 0.1) is 0 Å². The highest BCUT2D eigenvalue weighted by Crippen LogP contribution is 2.21. The number of rotatable bonds is 4. The molecule has 0 bridgehead atoms. The van der Waals surface area contributed by atoms with Gasteiger partial charge >= 0.3 is 0 Å². The van der Waals surface area contributed by atoms with Crippen LogP contribution in [0.4, 0.5) is 5.69 Å². The van der Waals surface area contributed by atoms with E-state index in [9.17, 15) is 0 Å². The molecule has 0 aromatic heterocycles. The van der Waals surface area contributed by atoms with E-state index in [1.165, 1.54) is 43.6 Å². The quantitative estimate of drug-likeness (QED) is 0.913. The molecule has 2 heterocycles. The van der Waals surface area contributed by atoms with Crippen molar-refractivity contribution >= 4 is 5.69 Å². The van der Waals surface area contributed by atoms with Crippen LogP contribution in [0.5, 0.6) is 0 Å². The third-order valence-electron chi connectivity index (χ3n) is 4.60. The molecule has 0 aliphatic carbocycles. The number of nitrogens with zero attached hydrogens (tertiary/aromatic N) is 1. The second-order valence-electron chi connectivity index (χ2n) is 6.43. The van der Waals surface area contributed by atoms with E-state index in [-0.39, 0.29) is 5.54 Å². The van der Waals surface area contributed by atoms with Crippen LogP contribution in [-0.4, -0.2) is 31.8 Å². The lowest BCUT2D eigenvalue weighted by Gasteiger charge is -2.29. The van der Waals surface area contributed by atoms with Gasteiger partial charge in [-0.2, -0.15) is 0 Å². The van der Waals surface area contributed by atoms with E-state index in [0.717, 1.165) is 26.2 Å². The third-order valence-corrected chi connectivity index (χ3v) is 4.60. The van der Waals surface area contributed by atoms with Crippen molar-refractivity contribution in [1.82, 2.24) is 5.32 Å². The predicted molar refractivity (Wildman–Crippen MR) is 83.2 cm³/mol. The van der Waals surface area contributed by atoms with Gasteiger partial charge in [0.1, 0.15) is 0 Å². The van der Waals surface area contributed by atoms with E-state index < -0.39 is 0 Å². The van der Waals surface area contributed by atoms with Crippen LogP contribution in [0.3, 0.4) is 0 Å². The zero-order valence-corrected chi connectivity index (χ0v) is 12.5. The molecule has 2 aliphatic rings. The van der Waals surface area contributed by atoms with Crippen LogP contribution in [0.2, 0.25) is 0 Å². The predicted octanol–water partition coefficient (Wildman–Crippen LogP) is 2.95. The molecule has 1 aromatic rings. The van der Waals surface area contributed by atoms with Crippen molar-refractivity contribution in [1.29, 1.82) is 0 Å². The average Bonchev–Trinajstić information content (AvgIpc) is 2.94. The summed E-state index contributed by atoms with van der Waals surface area (Å²) in [5.74, 6) is 0. The second kappa shape index (κ2) is 6.15. The molecule has 1 unspecified atom stereocenters. The zero-order valence-electron chi connectivity index (χ0n) is 12.5. The van der Waals surface area contributed by atoms with Crippen LogP contribution in [0.15, 0.2) is 24.3 Å². The minimum Gasteiger partial charge on any atom is -0.379 e. The fourth-order valence-electron chi connectivity index (χ4n) is 3.10. The van der Waals surface area contributed by atoms with Crippen LogP contribution >= 0.6 is 0 Å². The first-order chi connectivity index (χ1) is 9.75. The summed E-state index contributed by atoms with van der Waals surface area (Å²) in [4.78, 5) is 2.51. The Balaban J connectivity index is 1.55. The van der Waals surface area contributed by atoms with E-state index in [0.29, 0.717) is 0 Å². The molecule has 3 nitrogen and oxygen atoms in total. The number of ether oxygens (including phenoxy) is 1. The molecule has 1 aromatic carbocycles. The van der Waals surface area contributed by atoms with Crippen LogP contribution < -0.4 is 10.2 Å². The van der Waals surface area contributed by atoms with Crippen molar-refractivity contribution in [2.75, 3.05) is 31.2 Å². The molecular formula is C17H26N2O. The highest BCUT2D eigenvalue weighted by atomic mass is 16.5. The van der Waals surface area contributed by atoms with Crippen molar-refractivity contribution in [3.8, 4) is 0 Å². The lowest BCUT2D eigenvalue weighted by Crippen LogP contribution is -2.42. The highest BCUT2D eigenvalue weighted by molar-refractivity contribution is 5.47. The minimum absolute atomic E-state index is 0.158. The Labute approximate surface area is 122 Å². The first-order valence-electron chi connectivity index (χ1n) is 7.92. The Morgan fingerprint density at radius 3 is 2.55 bits per heavy atom. The number of anilines is 1. The van der Waals surface area contributed by atoms with E-state index >= 15 is 0 Å². The first-order valence-corrected chi connectivity index (χ1v) is 7.92. The molecule has 2 saturated heterocycles. The summed E-state index contributed by atoms with van der Waals surface area (Å²) in [6.07, 6.45) is 5.17. The number of hydrogen-bond donors (Lipinski definition) is 1. The normalized spacial score (nSPS) is 26.9. The zero-order chi connectivity index (χ0) is 13.8. The largest absolute Gasteiger partial charge is 0.379 e. The highest BCUT2D eigenvalue weighted by Gasteiger charge is 2.28. The molecule has 3 heteroatoms. The Morgan fingerprint density at radius 1 is 1.15 bits per heavy atom. The fraction of sp³-hybridized carbons (Fsp3) is 0.647. The van der Waals surface area contributed by atoms with E-state index in [4.69, 9.17) is 4.74 Å². The van der Waals surface area contributed by atoms with E-state index in [1.54, 1.807) is 0 Å². The molecule has 0 radical (unpaired) electrons. The second-order valence-corrected chi connectivity index (χ2v) is 6.43. The van der Waals surface area contributed by atoms with Gasteiger partial charge in [0.25, 0.3) is 0 Å². The maximum absolute atomic E-state index is 5.48. The van der Waals surface area contributed by atoms with Crippen LogP contribution in [0.25, 0.3) is 0 Å². The Morgan fingerprint density at radius 2 is 1.90 bits per heavy atom. The van der Waals surface area contributed by atoms with Gasteiger partial charge in [0.2, 0.25) is 0 Å². The number of nitrogens with one attached hydrogen (secondary N) is 1. The monoisotopic (exact) mass is 274 g/mol. The average molecular weight is 274 g/mol. The smallest absolute Gasteiger partial charge is 0.0646 e. The standard InChI is InChI=1S/C17H26N2O/c1-17(9-12-20-14-17)18-13-15-5-7-16(8-6-15)19-10-3-2-4-11-19/h5-8,18H,2-4,9-14H2,1H3. The van der Waals surface area contributed by atoms with Gasteiger partial charge in [-0.05, 0) is 50.3 Å². The van der Waals surface area contributed by atoms with Crippen molar-refractivity contribution in [2.24, 2.45) is 0 Å². The van der Waals surface area contributed by atoms with E-state index in [1.807, 2.05) is 0 Å². The van der Waals surface area contributed by atoms with Crippen molar-refractivity contribution in [2.45, 2.75) is 44.7 Å². The molecule has 2 fully saturated rings. The molecular weight excluding hydrogens is 248 g/mol. The van der Waals surface area contributed by atoms with Gasteiger partial charge in [-0.25, -0.2) is 0 Å². The summed E-state index contributed by atoms with van der Waals surface area (Å²) in [7, 11) is 0. The molecule has 0 spiro atoms. The lowest BCUT2D eigenvalue weighted by atomic mass is 10.0.